The van der Waals surface area contributed by atoms with Crippen LogP contribution in [0.2, 0.25) is 0 Å². The summed E-state index contributed by atoms with van der Waals surface area (Å²) < 4.78 is 12.5. The van der Waals surface area contributed by atoms with Gasteiger partial charge in [-0.3, -0.25) is 9.36 Å². The second-order valence-electron chi connectivity index (χ2n) is 6.58. The van der Waals surface area contributed by atoms with Gasteiger partial charge in [0.15, 0.2) is 5.58 Å². The van der Waals surface area contributed by atoms with Crippen molar-refractivity contribution >= 4 is 22.7 Å². The summed E-state index contributed by atoms with van der Waals surface area (Å²) in [4.78, 5) is 24.3. The van der Waals surface area contributed by atoms with Crippen molar-refractivity contribution in [2.75, 3.05) is 5.32 Å². The van der Waals surface area contributed by atoms with Gasteiger partial charge in [0, 0.05) is 24.7 Å². The molecule has 146 valence electrons. The van der Waals surface area contributed by atoms with Crippen molar-refractivity contribution < 1.29 is 13.9 Å². The highest BCUT2D eigenvalue weighted by Crippen LogP contribution is 2.24. The Bertz CT molecular complexity index is 1180. The fraction of sp³-hybridized carbons (Fsp3) is 0.130. The highest BCUT2D eigenvalue weighted by Gasteiger charge is 2.09. The van der Waals surface area contributed by atoms with Crippen molar-refractivity contribution in [3.05, 3.63) is 89.4 Å². The van der Waals surface area contributed by atoms with Gasteiger partial charge < -0.3 is 14.5 Å². The van der Waals surface area contributed by atoms with Gasteiger partial charge in [-0.15, -0.1) is 0 Å². The van der Waals surface area contributed by atoms with E-state index < -0.39 is 5.76 Å². The summed E-state index contributed by atoms with van der Waals surface area (Å²) in [5.74, 6) is 0.847. The maximum absolute atomic E-state index is 12.3. The van der Waals surface area contributed by atoms with Gasteiger partial charge in [0.25, 0.3) is 0 Å². The van der Waals surface area contributed by atoms with Gasteiger partial charge in [0.05, 0.1) is 5.52 Å². The molecule has 0 fully saturated rings. The minimum absolute atomic E-state index is 0.122. The molecule has 0 radical (unpaired) electrons. The number of oxazole rings is 1. The number of para-hydroxylation sites is 3. The highest BCUT2D eigenvalue weighted by atomic mass is 16.5. The molecule has 1 aromatic heterocycles. The molecule has 0 bridgehead atoms. The summed E-state index contributed by atoms with van der Waals surface area (Å²) in [5.41, 5.74) is 1.95. The molecule has 0 saturated carbocycles. The van der Waals surface area contributed by atoms with Crippen molar-refractivity contribution in [3.8, 4) is 11.5 Å². The molecule has 0 aliphatic rings. The van der Waals surface area contributed by atoms with Gasteiger partial charge in [-0.05, 0) is 42.8 Å². The van der Waals surface area contributed by atoms with Gasteiger partial charge in [0.2, 0.25) is 5.91 Å². The second kappa shape index (κ2) is 8.48. The minimum atomic E-state index is -0.405. The third kappa shape index (κ3) is 4.55. The number of benzene rings is 3. The average molecular weight is 388 g/mol. The maximum Gasteiger partial charge on any atom is 0.419 e. The van der Waals surface area contributed by atoms with E-state index in [1.165, 1.54) is 0 Å². The molecule has 0 saturated heterocycles. The van der Waals surface area contributed by atoms with Crippen LogP contribution in [0.5, 0.6) is 11.5 Å². The average Bonchev–Trinajstić information content (AvgIpc) is 3.04. The molecule has 6 nitrogen and oxygen atoms in total. The van der Waals surface area contributed by atoms with Crippen LogP contribution in [0.25, 0.3) is 11.1 Å². The van der Waals surface area contributed by atoms with E-state index in [0.29, 0.717) is 30.0 Å². The lowest BCUT2D eigenvalue weighted by molar-refractivity contribution is -0.116. The summed E-state index contributed by atoms with van der Waals surface area (Å²) in [6.07, 6.45) is 0.811. The zero-order valence-electron chi connectivity index (χ0n) is 15.7. The van der Waals surface area contributed by atoms with Crippen LogP contribution in [0.4, 0.5) is 5.69 Å². The molecule has 0 atom stereocenters. The number of rotatable bonds is 7. The van der Waals surface area contributed by atoms with Crippen LogP contribution in [0.3, 0.4) is 0 Å². The van der Waals surface area contributed by atoms with Crippen molar-refractivity contribution in [1.82, 2.24) is 4.57 Å². The van der Waals surface area contributed by atoms with Crippen molar-refractivity contribution in [2.45, 2.75) is 19.4 Å². The number of ether oxygens (including phenoxy) is 1. The molecule has 0 aliphatic heterocycles. The van der Waals surface area contributed by atoms with E-state index >= 15 is 0 Å². The smallest absolute Gasteiger partial charge is 0.419 e. The largest absolute Gasteiger partial charge is 0.457 e. The monoisotopic (exact) mass is 388 g/mol. The molecule has 6 heteroatoms. The van der Waals surface area contributed by atoms with Crippen LogP contribution in [-0.4, -0.2) is 10.5 Å². The Morgan fingerprint density at radius 1 is 0.931 bits per heavy atom. The molecule has 1 amide bonds. The predicted octanol–water partition coefficient (Wildman–Crippen LogP) is 4.81. The first-order chi connectivity index (χ1) is 14.2. The quantitative estimate of drug-likeness (QED) is 0.493. The van der Waals surface area contributed by atoms with Crippen LogP contribution < -0.4 is 15.8 Å². The SMILES string of the molecule is O=C(CCCn1c(=O)oc2ccccc21)Nc1cccc(Oc2ccccc2)c1. The zero-order chi connectivity index (χ0) is 20.1. The van der Waals surface area contributed by atoms with Gasteiger partial charge in [-0.2, -0.15) is 0 Å². The molecule has 1 N–H and O–H groups in total. The molecule has 3 aromatic carbocycles. The van der Waals surface area contributed by atoms with E-state index in [-0.39, 0.29) is 12.3 Å². The second-order valence-corrected chi connectivity index (χ2v) is 6.58. The number of hydrogen-bond donors (Lipinski definition) is 1. The number of anilines is 1. The Labute approximate surface area is 167 Å². The van der Waals surface area contributed by atoms with Crippen molar-refractivity contribution in [1.29, 1.82) is 0 Å². The lowest BCUT2D eigenvalue weighted by Crippen LogP contribution is -2.17. The Hall–Kier alpha value is -3.80. The van der Waals surface area contributed by atoms with E-state index in [0.717, 1.165) is 11.3 Å². The maximum atomic E-state index is 12.3. The first-order valence-electron chi connectivity index (χ1n) is 9.40. The molecular formula is C23H20N2O4. The molecule has 0 spiro atoms. The number of nitrogens with zero attached hydrogens (tertiary/aromatic N) is 1. The van der Waals surface area contributed by atoms with Gasteiger partial charge >= 0.3 is 5.76 Å². The van der Waals surface area contributed by atoms with Crippen LogP contribution in [0, 0.1) is 0 Å². The van der Waals surface area contributed by atoms with Crippen LogP contribution in [0.15, 0.2) is 88.1 Å². The summed E-state index contributed by atoms with van der Waals surface area (Å²) in [7, 11) is 0. The summed E-state index contributed by atoms with van der Waals surface area (Å²) in [6, 6.07) is 24.0. The lowest BCUT2D eigenvalue weighted by Gasteiger charge is -2.09. The van der Waals surface area contributed by atoms with Crippen molar-refractivity contribution in [3.63, 3.8) is 0 Å². The third-order valence-corrected chi connectivity index (χ3v) is 4.46. The number of nitrogens with one attached hydrogen (secondary N) is 1. The number of carbonyl (C=O) groups excluding carboxylic acids is 1. The zero-order valence-corrected chi connectivity index (χ0v) is 15.7. The normalized spacial score (nSPS) is 10.8. The molecular weight excluding hydrogens is 368 g/mol. The Balaban J connectivity index is 1.33. The summed E-state index contributed by atoms with van der Waals surface area (Å²) in [5, 5.41) is 2.87. The Kier molecular flexibility index (Phi) is 5.42. The summed E-state index contributed by atoms with van der Waals surface area (Å²) >= 11 is 0. The molecule has 0 unspecified atom stereocenters. The molecule has 4 aromatic rings. The number of aryl methyl sites for hydroxylation is 1. The van der Waals surface area contributed by atoms with E-state index in [9.17, 15) is 9.59 Å². The highest BCUT2D eigenvalue weighted by molar-refractivity contribution is 5.90. The summed E-state index contributed by atoms with van der Waals surface area (Å²) in [6.45, 7) is 0.417. The third-order valence-electron chi connectivity index (χ3n) is 4.46. The van der Waals surface area contributed by atoms with Gasteiger partial charge in [-0.1, -0.05) is 36.4 Å². The van der Waals surface area contributed by atoms with E-state index in [4.69, 9.17) is 9.15 Å². The van der Waals surface area contributed by atoms with Crippen molar-refractivity contribution in [2.24, 2.45) is 0 Å². The standard InChI is InChI=1S/C23H20N2O4/c26-22(14-7-15-25-20-12-4-5-13-21(20)29-23(25)27)24-17-8-6-11-19(16-17)28-18-9-2-1-3-10-18/h1-6,8-13,16H,7,14-15H2,(H,24,26). The van der Waals surface area contributed by atoms with Crippen LogP contribution in [0.1, 0.15) is 12.8 Å². The topological polar surface area (TPSA) is 73.5 Å². The van der Waals surface area contributed by atoms with Crippen LogP contribution >= 0.6 is 0 Å². The van der Waals surface area contributed by atoms with Crippen LogP contribution in [-0.2, 0) is 11.3 Å². The molecule has 29 heavy (non-hydrogen) atoms. The van der Waals surface area contributed by atoms with Gasteiger partial charge in [0.1, 0.15) is 11.5 Å². The van der Waals surface area contributed by atoms with Gasteiger partial charge in [-0.25, -0.2) is 4.79 Å². The first kappa shape index (κ1) is 18.6. The predicted molar refractivity (Wildman–Crippen MR) is 111 cm³/mol. The molecule has 1 heterocycles. The first-order valence-corrected chi connectivity index (χ1v) is 9.40. The Morgan fingerprint density at radius 3 is 2.55 bits per heavy atom. The fourth-order valence-electron chi connectivity index (χ4n) is 3.11. The molecule has 4 rings (SSSR count). The number of aromatic nitrogens is 1. The lowest BCUT2D eigenvalue weighted by atomic mass is 10.2. The fourth-order valence-corrected chi connectivity index (χ4v) is 3.11. The van der Waals surface area contributed by atoms with E-state index in [2.05, 4.69) is 5.32 Å². The number of hydrogen-bond acceptors (Lipinski definition) is 4. The number of amides is 1. The molecule has 0 aliphatic carbocycles. The Morgan fingerprint density at radius 2 is 1.69 bits per heavy atom. The number of fused-ring (bicyclic) bond motifs is 1. The van der Waals surface area contributed by atoms with E-state index in [1.54, 1.807) is 16.7 Å². The minimum Gasteiger partial charge on any atom is -0.457 e. The van der Waals surface area contributed by atoms with E-state index in [1.807, 2.05) is 66.7 Å². The number of carbonyl (C=O) groups is 1.